The summed E-state index contributed by atoms with van der Waals surface area (Å²) in [6, 6.07) is 3.62. The molecule has 7 heteroatoms. The maximum atomic E-state index is 12.2. The molecule has 1 rings (SSSR count). The molecule has 1 heterocycles. The van der Waals surface area contributed by atoms with E-state index in [0.717, 1.165) is 11.3 Å². The molecule has 0 aromatic carbocycles. The van der Waals surface area contributed by atoms with Crippen LogP contribution in [0.4, 0.5) is 0 Å². The van der Waals surface area contributed by atoms with Crippen LogP contribution in [0.1, 0.15) is 34.6 Å². The van der Waals surface area contributed by atoms with Gasteiger partial charge in [-0.05, 0) is 46.8 Å². The SMILES string of the molecule is CC(C)N(C(C)C)C(C)NS(=O)(=O)c1ccc(Cl)s1. The third-order valence-electron chi connectivity index (χ3n) is 2.78. The normalized spacial score (nSPS) is 14.6. The molecule has 0 saturated carbocycles. The highest BCUT2D eigenvalue weighted by Crippen LogP contribution is 2.25. The highest BCUT2D eigenvalue weighted by molar-refractivity contribution is 7.91. The lowest BCUT2D eigenvalue weighted by molar-refractivity contribution is 0.116. The summed E-state index contributed by atoms with van der Waals surface area (Å²) >= 11 is 6.84. The fourth-order valence-corrected chi connectivity index (χ4v) is 4.98. The van der Waals surface area contributed by atoms with Crippen molar-refractivity contribution in [3.8, 4) is 0 Å². The minimum Gasteiger partial charge on any atom is -0.283 e. The van der Waals surface area contributed by atoms with E-state index in [2.05, 4.69) is 9.62 Å². The molecule has 1 N–H and O–H groups in total. The van der Waals surface area contributed by atoms with Gasteiger partial charge in [-0.25, -0.2) is 8.42 Å². The van der Waals surface area contributed by atoms with Gasteiger partial charge in [-0.1, -0.05) is 11.6 Å². The van der Waals surface area contributed by atoms with Crippen LogP contribution in [-0.2, 0) is 10.0 Å². The van der Waals surface area contributed by atoms with E-state index in [1.54, 1.807) is 6.07 Å². The highest BCUT2D eigenvalue weighted by Gasteiger charge is 2.26. The Hall–Kier alpha value is -0.140. The standard InChI is InChI=1S/C12H21ClN2O2S2/c1-8(2)15(9(3)4)10(5)14-19(16,17)12-7-6-11(13)18-12/h6-10,14H,1-5H3. The number of nitrogens with zero attached hydrogens (tertiary/aromatic N) is 1. The first-order valence-electron chi connectivity index (χ1n) is 6.20. The number of halogens is 1. The number of rotatable bonds is 6. The highest BCUT2D eigenvalue weighted by atomic mass is 35.5. The molecule has 0 fully saturated rings. The van der Waals surface area contributed by atoms with E-state index in [1.165, 1.54) is 6.07 Å². The summed E-state index contributed by atoms with van der Waals surface area (Å²) in [5.41, 5.74) is 0. The van der Waals surface area contributed by atoms with Gasteiger partial charge in [-0.3, -0.25) is 4.90 Å². The van der Waals surface area contributed by atoms with Crippen LogP contribution < -0.4 is 4.72 Å². The van der Waals surface area contributed by atoms with E-state index < -0.39 is 10.0 Å². The molecule has 1 aromatic heterocycles. The molecule has 0 saturated heterocycles. The van der Waals surface area contributed by atoms with Crippen molar-refractivity contribution in [1.82, 2.24) is 9.62 Å². The monoisotopic (exact) mass is 324 g/mol. The van der Waals surface area contributed by atoms with Gasteiger partial charge in [0.05, 0.1) is 10.5 Å². The predicted molar refractivity (Wildman–Crippen MR) is 81.2 cm³/mol. The van der Waals surface area contributed by atoms with Gasteiger partial charge in [0.15, 0.2) is 0 Å². The number of thiophene rings is 1. The second kappa shape index (κ2) is 6.54. The van der Waals surface area contributed by atoms with Crippen molar-refractivity contribution in [3.05, 3.63) is 16.5 Å². The zero-order valence-electron chi connectivity index (χ0n) is 11.8. The number of hydrogen-bond donors (Lipinski definition) is 1. The molecule has 1 unspecified atom stereocenters. The van der Waals surface area contributed by atoms with Gasteiger partial charge in [0.2, 0.25) is 0 Å². The fourth-order valence-electron chi connectivity index (χ4n) is 2.28. The molecule has 0 aliphatic carbocycles. The average molecular weight is 325 g/mol. The molecule has 0 spiro atoms. The molecule has 0 amide bonds. The Bertz CT molecular complexity index is 504. The van der Waals surface area contributed by atoms with E-state index in [4.69, 9.17) is 11.6 Å². The first-order valence-corrected chi connectivity index (χ1v) is 8.88. The van der Waals surface area contributed by atoms with E-state index in [9.17, 15) is 8.42 Å². The molecule has 1 atom stereocenters. The van der Waals surface area contributed by atoms with Crippen LogP contribution in [0.2, 0.25) is 4.34 Å². The molecule has 0 radical (unpaired) electrons. The summed E-state index contributed by atoms with van der Waals surface area (Å²) in [6.07, 6.45) is -0.272. The quantitative estimate of drug-likeness (QED) is 0.818. The summed E-state index contributed by atoms with van der Waals surface area (Å²) in [4.78, 5) is 2.10. The largest absolute Gasteiger partial charge is 0.283 e. The Labute approximate surface area is 124 Å². The summed E-state index contributed by atoms with van der Waals surface area (Å²) in [6.45, 7) is 10.0. The first-order chi connectivity index (χ1) is 8.65. The van der Waals surface area contributed by atoms with E-state index in [-0.39, 0.29) is 22.5 Å². The van der Waals surface area contributed by atoms with Crippen molar-refractivity contribution >= 4 is 33.0 Å². The van der Waals surface area contributed by atoms with E-state index in [1.807, 2.05) is 34.6 Å². The van der Waals surface area contributed by atoms with Crippen molar-refractivity contribution in [1.29, 1.82) is 0 Å². The van der Waals surface area contributed by atoms with Crippen LogP contribution in [0, 0.1) is 0 Å². The number of hydrogen-bond acceptors (Lipinski definition) is 4. The topological polar surface area (TPSA) is 49.4 Å². The first kappa shape index (κ1) is 16.9. The summed E-state index contributed by atoms with van der Waals surface area (Å²) in [7, 11) is -3.51. The Kier molecular flexibility index (Phi) is 5.82. The van der Waals surface area contributed by atoms with Crippen LogP contribution in [0.3, 0.4) is 0 Å². The third kappa shape index (κ3) is 4.43. The predicted octanol–water partition coefficient (Wildman–Crippen LogP) is 3.14. The zero-order valence-corrected chi connectivity index (χ0v) is 14.2. The van der Waals surface area contributed by atoms with Crippen LogP contribution >= 0.6 is 22.9 Å². The van der Waals surface area contributed by atoms with Crippen LogP contribution in [0.25, 0.3) is 0 Å². The lowest BCUT2D eigenvalue weighted by Crippen LogP contribution is -2.52. The zero-order chi connectivity index (χ0) is 14.8. The molecule has 0 aliphatic rings. The number of nitrogens with one attached hydrogen (secondary N) is 1. The minimum atomic E-state index is -3.51. The van der Waals surface area contributed by atoms with E-state index >= 15 is 0 Å². The van der Waals surface area contributed by atoms with Gasteiger partial charge < -0.3 is 0 Å². The van der Waals surface area contributed by atoms with Gasteiger partial charge in [-0.2, -0.15) is 4.72 Å². The molecular weight excluding hydrogens is 304 g/mol. The molecule has 1 aromatic rings. The van der Waals surface area contributed by atoms with Gasteiger partial charge in [0, 0.05) is 12.1 Å². The maximum absolute atomic E-state index is 12.2. The van der Waals surface area contributed by atoms with Crippen LogP contribution in [0.15, 0.2) is 16.3 Å². The van der Waals surface area contributed by atoms with Gasteiger partial charge >= 0.3 is 0 Å². The number of sulfonamides is 1. The van der Waals surface area contributed by atoms with Gasteiger partial charge in [0.25, 0.3) is 10.0 Å². The van der Waals surface area contributed by atoms with Crippen molar-refractivity contribution in [2.45, 2.75) is 57.1 Å². The lowest BCUT2D eigenvalue weighted by atomic mass is 10.2. The minimum absolute atomic E-state index is 0.247. The molecule has 19 heavy (non-hydrogen) atoms. The summed E-state index contributed by atoms with van der Waals surface area (Å²) < 4.78 is 27.9. The van der Waals surface area contributed by atoms with Gasteiger partial charge in [0.1, 0.15) is 4.21 Å². The Morgan fingerprint density at radius 3 is 2.05 bits per heavy atom. The molecule has 4 nitrogen and oxygen atoms in total. The van der Waals surface area contributed by atoms with Crippen molar-refractivity contribution < 1.29 is 8.42 Å². The summed E-state index contributed by atoms with van der Waals surface area (Å²) in [5, 5.41) is 0. The fraction of sp³-hybridized carbons (Fsp3) is 0.667. The maximum Gasteiger partial charge on any atom is 0.251 e. The average Bonchev–Trinajstić information content (AvgIpc) is 2.62. The van der Waals surface area contributed by atoms with Crippen molar-refractivity contribution in [2.24, 2.45) is 0 Å². The van der Waals surface area contributed by atoms with Crippen molar-refractivity contribution in [3.63, 3.8) is 0 Å². The Balaban J connectivity index is 2.89. The van der Waals surface area contributed by atoms with Crippen molar-refractivity contribution in [2.75, 3.05) is 0 Å². The summed E-state index contributed by atoms with van der Waals surface area (Å²) in [5.74, 6) is 0. The van der Waals surface area contributed by atoms with E-state index in [0.29, 0.717) is 4.34 Å². The Morgan fingerprint density at radius 2 is 1.68 bits per heavy atom. The second-order valence-corrected chi connectivity index (χ2v) is 8.65. The van der Waals surface area contributed by atoms with Gasteiger partial charge in [-0.15, -0.1) is 11.3 Å². The molecule has 110 valence electrons. The second-order valence-electron chi connectivity index (χ2n) is 4.99. The Morgan fingerprint density at radius 1 is 1.16 bits per heavy atom. The van der Waals surface area contributed by atoms with Crippen LogP contribution in [-0.4, -0.2) is 31.6 Å². The third-order valence-corrected chi connectivity index (χ3v) is 6.03. The molecule has 0 aliphatic heterocycles. The van der Waals surface area contributed by atoms with Crippen LogP contribution in [0.5, 0.6) is 0 Å². The lowest BCUT2D eigenvalue weighted by Gasteiger charge is -2.36. The molecular formula is C12H21ClN2O2S2. The molecule has 0 bridgehead atoms. The smallest absolute Gasteiger partial charge is 0.251 e.